The standard InChI is InChI=1S/C17H26N2O3/c1-13(12-20)18-17(21)19-16(15-5-3-2-4-6-15)11-14-7-9-22-10-8-14/h2-6,13-14,16,20H,7-12H2,1H3,(H2,18,19,21)/t13-,16+/m0/s1. The first-order valence-electron chi connectivity index (χ1n) is 7.99. The zero-order chi connectivity index (χ0) is 15.8. The first-order valence-corrected chi connectivity index (χ1v) is 7.99. The van der Waals surface area contributed by atoms with Gasteiger partial charge in [-0.3, -0.25) is 0 Å². The lowest BCUT2D eigenvalue weighted by molar-refractivity contribution is 0.0608. The topological polar surface area (TPSA) is 70.6 Å². The molecule has 122 valence electrons. The minimum absolute atomic E-state index is 0.0183. The minimum Gasteiger partial charge on any atom is -0.394 e. The predicted octanol–water partition coefficient (Wildman–Crippen LogP) is 2.22. The fourth-order valence-corrected chi connectivity index (χ4v) is 2.75. The summed E-state index contributed by atoms with van der Waals surface area (Å²) >= 11 is 0. The summed E-state index contributed by atoms with van der Waals surface area (Å²) in [6.07, 6.45) is 2.99. The summed E-state index contributed by atoms with van der Waals surface area (Å²) in [5.41, 5.74) is 1.11. The molecule has 0 unspecified atom stereocenters. The highest BCUT2D eigenvalue weighted by Crippen LogP contribution is 2.27. The zero-order valence-electron chi connectivity index (χ0n) is 13.1. The van der Waals surface area contributed by atoms with E-state index in [4.69, 9.17) is 9.84 Å². The fraction of sp³-hybridized carbons (Fsp3) is 0.588. The van der Waals surface area contributed by atoms with E-state index in [2.05, 4.69) is 10.6 Å². The number of carbonyl (C=O) groups is 1. The molecule has 5 heteroatoms. The van der Waals surface area contributed by atoms with Gasteiger partial charge in [-0.25, -0.2) is 4.79 Å². The Balaban J connectivity index is 1.99. The van der Waals surface area contributed by atoms with Gasteiger partial charge < -0.3 is 20.5 Å². The van der Waals surface area contributed by atoms with E-state index in [0.717, 1.165) is 38.0 Å². The van der Waals surface area contributed by atoms with Gasteiger partial charge in [-0.1, -0.05) is 30.3 Å². The van der Waals surface area contributed by atoms with Gasteiger partial charge in [0.1, 0.15) is 0 Å². The molecule has 2 rings (SSSR count). The minimum atomic E-state index is -0.250. The van der Waals surface area contributed by atoms with E-state index in [1.165, 1.54) is 0 Å². The lowest BCUT2D eigenvalue weighted by Gasteiger charge is -2.28. The molecule has 1 aromatic rings. The maximum Gasteiger partial charge on any atom is 0.315 e. The Bertz CT molecular complexity index is 446. The monoisotopic (exact) mass is 306 g/mol. The first kappa shape index (κ1) is 16.8. The van der Waals surface area contributed by atoms with Crippen molar-refractivity contribution in [3.05, 3.63) is 35.9 Å². The first-order chi connectivity index (χ1) is 10.7. The molecule has 2 atom stereocenters. The molecule has 1 aliphatic rings. The number of aliphatic hydroxyl groups excluding tert-OH is 1. The number of benzene rings is 1. The quantitative estimate of drug-likeness (QED) is 0.755. The maximum atomic E-state index is 12.1. The highest BCUT2D eigenvalue weighted by molar-refractivity contribution is 5.74. The molecule has 0 radical (unpaired) electrons. The van der Waals surface area contributed by atoms with Crippen LogP contribution in [0.3, 0.4) is 0 Å². The van der Waals surface area contributed by atoms with Crippen molar-refractivity contribution in [2.24, 2.45) is 5.92 Å². The van der Waals surface area contributed by atoms with Gasteiger partial charge in [-0.05, 0) is 37.7 Å². The average Bonchev–Trinajstić information content (AvgIpc) is 2.56. The van der Waals surface area contributed by atoms with Gasteiger partial charge in [0.05, 0.1) is 18.7 Å². The van der Waals surface area contributed by atoms with Gasteiger partial charge in [0.2, 0.25) is 0 Å². The molecule has 0 spiro atoms. The van der Waals surface area contributed by atoms with Crippen molar-refractivity contribution < 1.29 is 14.6 Å². The molecule has 0 aliphatic carbocycles. The number of amides is 2. The van der Waals surface area contributed by atoms with E-state index >= 15 is 0 Å². The largest absolute Gasteiger partial charge is 0.394 e. The zero-order valence-corrected chi connectivity index (χ0v) is 13.1. The third-order valence-corrected chi connectivity index (χ3v) is 4.07. The van der Waals surface area contributed by atoms with Crippen LogP contribution in [0.15, 0.2) is 30.3 Å². The third-order valence-electron chi connectivity index (χ3n) is 4.07. The van der Waals surface area contributed by atoms with Gasteiger partial charge in [0.25, 0.3) is 0 Å². The number of urea groups is 1. The number of carbonyl (C=O) groups excluding carboxylic acids is 1. The second-order valence-corrected chi connectivity index (χ2v) is 5.96. The van der Waals surface area contributed by atoms with E-state index in [1.54, 1.807) is 6.92 Å². The second kappa shape index (κ2) is 8.76. The highest BCUT2D eigenvalue weighted by Gasteiger charge is 2.22. The summed E-state index contributed by atoms with van der Waals surface area (Å²) < 4.78 is 5.41. The molecule has 1 fully saturated rings. The third kappa shape index (κ3) is 5.31. The van der Waals surface area contributed by atoms with E-state index in [-0.39, 0.29) is 24.7 Å². The normalized spacial score (nSPS) is 18.5. The van der Waals surface area contributed by atoms with Crippen LogP contribution < -0.4 is 10.6 Å². The van der Waals surface area contributed by atoms with Gasteiger partial charge in [0, 0.05) is 13.2 Å². The summed E-state index contributed by atoms with van der Waals surface area (Å²) in [6, 6.07) is 9.53. The molecule has 1 saturated heterocycles. The van der Waals surface area contributed by atoms with Crippen molar-refractivity contribution in [1.82, 2.24) is 10.6 Å². The Morgan fingerprint density at radius 3 is 2.59 bits per heavy atom. The summed E-state index contributed by atoms with van der Waals surface area (Å²) in [5, 5.41) is 14.8. The Hall–Kier alpha value is -1.59. The van der Waals surface area contributed by atoms with Crippen molar-refractivity contribution in [3.63, 3.8) is 0 Å². The molecule has 0 bridgehead atoms. The van der Waals surface area contributed by atoms with Crippen LogP contribution in [0.1, 0.15) is 37.8 Å². The Morgan fingerprint density at radius 2 is 1.95 bits per heavy atom. The van der Waals surface area contributed by atoms with E-state index in [0.29, 0.717) is 5.92 Å². The smallest absolute Gasteiger partial charge is 0.315 e. The van der Waals surface area contributed by atoms with E-state index in [9.17, 15) is 4.79 Å². The molecule has 3 N–H and O–H groups in total. The molecule has 1 aromatic carbocycles. The van der Waals surface area contributed by atoms with Crippen LogP contribution in [0.5, 0.6) is 0 Å². The lowest BCUT2D eigenvalue weighted by atomic mass is 9.89. The molecule has 0 aromatic heterocycles. The molecule has 22 heavy (non-hydrogen) atoms. The van der Waals surface area contributed by atoms with Crippen LogP contribution in [-0.4, -0.2) is 37.0 Å². The van der Waals surface area contributed by atoms with Gasteiger partial charge in [0.15, 0.2) is 0 Å². The summed E-state index contributed by atoms with van der Waals surface area (Å²) in [6.45, 7) is 3.32. The van der Waals surface area contributed by atoms with Crippen LogP contribution in [0.4, 0.5) is 4.79 Å². The lowest BCUT2D eigenvalue weighted by Crippen LogP contribution is -2.44. The second-order valence-electron chi connectivity index (χ2n) is 5.96. The average molecular weight is 306 g/mol. The van der Waals surface area contributed by atoms with Gasteiger partial charge in [-0.15, -0.1) is 0 Å². The van der Waals surface area contributed by atoms with E-state index < -0.39 is 0 Å². The summed E-state index contributed by atoms with van der Waals surface area (Å²) in [4.78, 5) is 12.1. The number of nitrogens with one attached hydrogen (secondary N) is 2. The van der Waals surface area contributed by atoms with Crippen molar-refractivity contribution in [3.8, 4) is 0 Å². The van der Waals surface area contributed by atoms with Crippen LogP contribution in [0.25, 0.3) is 0 Å². The summed E-state index contributed by atoms with van der Waals surface area (Å²) in [5.74, 6) is 0.564. The molecule has 1 heterocycles. The Labute approximate surface area is 132 Å². The highest BCUT2D eigenvalue weighted by atomic mass is 16.5. The van der Waals surface area contributed by atoms with Crippen molar-refractivity contribution in [2.45, 2.75) is 38.3 Å². The van der Waals surface area contributed by atoms with Gasteiger partial charge >= 0.3 is 6.03 Å². The molecular formula is C17H26N2O3. The Kier molecular flexibility index (Phi) is 6.68. The van der Waals surface area contributed by atoms with Crippen molar-refractivity contribution in [2.75, 3.05) is 19.8 Å². The molecule has 1 aliphatic heterocycles. The van der Waals surface area contributed by atoms with Gasteiger partial charge in [-0.2, -0.15) is 0 Å². The number of aliphatic hydroxyl groups is 1. The number of hydrogen-bond donors (Lipinski definition) is 3. The molecule has 5 nitrogen and oxygen atoms in total. The van der Waals surface area contributed by atoms with Crippen LogP contribution >= 0.6 is 0 Å². The van der Waals surface area contributed by atoms with Crippen LogP contribution in [0.2, 0.25) is 0 Å². The molecule has 2 amide bonds. The Morgan fingerprint density at radius 1 is 1.27 bits per heavy atom. The summed E-state index contributed by atoms with van der Waals surface area (Å²) in [7, 11) is 0. The van der Waals surface area contributed by atoms with Crippen molar-refractivity contribution in [1.29, 1.82) is 0 Å². The number of rotatable bonds is 6. The number of hydrogen-bond acceptors (Lipinski definition) is 3. The molecular weight excluding hydrogens is 280 g/mol. The fourth-order valence-electron chi connectivity index (χ4n) is 2.75. The predicted molar refractivity (Wildman–Crippen MR) is 85.6 cm³/mol. The van der Waals surface area contributed by atoms with Crippen LogP contribution in [0, 0.1) is 5.92 Å². The van der Waals surface area contributed by atoms with Crippen molar-refractivity contribution >= 4 is 6.03 Å². The van der Waals surface area contributed by atoms with Crippen LogP contribution in [-0.2, 0) is 4.74 Å². The molecule has 0 saturated carbocycles. The maximum absolute atomic E-state index is 12.1. The van der Waals surface area contributed by atoms with E-state index in [1.807, 2.05) is 30.3 Å². The SMILES string of the molecule is C[C@@H](CO)NC(=O)N[C@H](CC1CCOCC1)c1ccccc1. The number of ether oxygens (including phenoxy) is 1.